The minimum atomic E-state index is -0.373. The van der Waals surface area contributed by atoms with Gasteiger partial charge in [0.2, 0.25) is 0 Å². The first-order valence-electron chi connectivity index (χ1n) is 7.42. The summed E-state index contributed by atoms with van der Waals surface area (Å²) >= 11 is 9.80. The third-order valence-electron chi connectivity index (χ3n) is 3.17. The Morgan fingerprint density at radius 3 is 2.04 bits per heavy atom. The van der Waals surface area contributed by atoms with Gasteiger partial charge in [0.15, 0.2) is 0 Å². The maximum absolute atomic E-state index is 12.1. The molecule has 0 atom stereocenters. The van der Waals surface area contributed by atoms with Crippen molar-refractivity contribution in [2.45, 2.75) is 0 Å². The second-order valence-corrected chi connectivity index (χ2v) is 7.84. The van der Waals surface area contributed by atoms with Gasteiger partial charge in [0.25, 0.3) is 5.91 Å². The summed E-state index contributed by atoms with van der Waals surface area (Å²) in [4.78, 5) is 12.1. The van der Waals surface area contributed by atoms with E-state index in [2.05, 4.69) is 53.1 Å². The fourth-order valence-corrected chi connectivity index (χ4v) is 3.41. The summed E-state index contributed by atoms with van der Waals surface area (Å²) in [6.45, 7) is 0. The third-order valence-corrected chi connectivity index (χ3v) is 4.77. The fraction of sp³-hybridized carbons (Fsp3) is 0. The summed E-state index contributed by atoms with van der Waals surface area (Å²) in [5.74, 6) is -0.459. The van der Waals surface area contributed by atoms with Gasteiger partial charge in [-0.1, -0.05) is 50.1 Å². The topological polar surface area (TPSA) is 75.4 Å². The van der Waals surface area contributed by atoms with Crippen LogP contribution in [0.1, 0.15) is 10.4 Å². The first-order valence-corrected chi connectivity index (χ1v) is 9.80. The lowest BCUT2D eigenvalue weighted by Gasteiger charge is -2.09. The molecule has 0 saturated heterocycles. The molecule has 0 aromatic heterocycles. The number of anilines is 2. The highest BCUT2D eigenvalue weighted by Gasteiger charge is 2.15. The summed E-state index contributed by atoms with van der Waals surface area (Å²) < 4.78 is 2.10. The number of benzene rings is 3. The van der Waals surface area contributed by atoms with E-state index in [0.717, 1.165) is 10.2 Å². The van der Waals surface area contributed by atoms with E-state index in [9.17, 15) is 9.90 Å². The van der Waals surface area contributed by atoms with Crippen LogP contribution in [-0.2, 0) is 0 Å². The molecule has 0 saturated carbocycles. The van der Waals surface area contributed by atoms with E-state index < -0.39 is 0 Å². The largest absolute Gasteiger partial charge is 0.506 e. The molecule has 0 unspecified atom stereocenters. The van der Waals surface area contributed by atoms with Crippen molar-refractivity contribution < 1.29 is 9.90 Å². The molecule has 0 fully saturated rings. The van der Waals surface area contributed by atoms with E-state index in [1.165, 1.54) is 0 Å². The molecule has 0 radical (unpaired) electrons. The van der Waals surface area contributed by atoms with E-state index in [0.29, 0.717) is 14.6 Å². The zero-order valence-electron chi connectivity index (χ0n) is 13.4. The number of nitrogens with two attached hydrogens (primary N) is 1. The van der Waals surface area contributed by atoms with Gasteiger partial charge in [-0.3, -0.25) is 4.79 Å². The molecule has 134 valence electrons. The lowest BCUT2D eigenvalue weighted by Crippen LogP contribution is -2.12. The average Bonchev–Trinajstić information content (AvgIpc) is 2.61. The molecule has 4 nitrogen and oxygen atoms in total. The lowest BCUT2D eigenvalue weighted by molar-refractivity contribution is 0.102. The third kappa shape index (κ3) is 6.16. The van der Waals surface area contributed by atoms with Crippen LogP contribution in [0.15, 0.2) is 80.1 Å². The Labute approximate surface area is 176 Å². The molecular weight excluding hydrogens is 528 g/mol. The number of rotatable bonds is 2. The maximum atomic E-state index is 12.1. The summed E-state index contributed by atoms with van der Waals surface area (Å²) in [7, 11) is 0. The number of halogens is 3. The van der Waals surface area contributed by atoms with Crippen molar-refractivity contribution in [1.82, 2.24) is 0 Å². The van der Waals surface area contributed by atoms with E-state index in [-0.39, 0.29) is 17.2 Å². The van der Waals surface area contributed by atoms with E-state index in [4.69, 9.17) is 5.73 Å². The number of para-hydroxylation sites is 1. The normalized spacial score (nSPS) is 9.81. The second kappa shape index (κ2) is 9.75. The quantitative estimate of drug-likeness (QED) is 0.337. The Morgan fingerprint density at radius 2 is 1.50 bits per heavy atom. The number of nitrogens with one attached hydrogen (secondary N) is 1. The number of aromatic hydroxyl groups is 1. The number of phenols is 1. The zero-order chi connectivity index (χ0) is 19.1. The molecule has 3 aromatic carbocycles. The van der Waals surface area contributed by atoms with Crippen LogP contribution >= 0.6 is 47.8 Å². The summed E-state index contributed by atoms with van der Waals surface area (Å²) in [5, 5.41) is 12.6. The molecule has 26 heavy (non-hydrogen) atoms. The van der Waals surface area contributed by atoms with Crippen LogP contribution in [0.3, 0.4) is 0 Å². The predicted octanol–water partition coefficient (Wildman–Crippen LogP) is 6.20. The highest BCUT2D eigenvalue weighted by molar-refractivity contribution is 9.11. The molecule has 0 aliphatic rings. The van der Waals surface area contributed by atoms with E-state index >= 15 is 0 Å². The average molecular weight is 543 g/mol. The Hall–Kier alpha value is -1.83. The molecule has 3 rings (SSSR count). The lowest BCUT2D eigenvalue weighted by atomic mass is 10.2. The number of phenolic OH excluding ortho intramolecular Hbond substituents is 1. The smallest absolute Gasteiger partial charge is 0.259 e. The van der Waals surface area contributed by atoms with Crippen LogP contribution in [-0.4, -0.2) is 11.0 Å². The number of hydrogen-bond donors (Lipinski definition) is 3. The fourth-order valence-electron chi connectivity index (χ4n) is 1.92. The molecule has 0 spiro atoms. The van der Waals surface area contributed by atoms with Crippen LogP contribution in [0.2, 0.25) is 0 Å². The molecule has 3 aromatic rings. The second-order valence-electron chi connectivity index (χ2n) is 5.16. The first-order chi connectivity index (χ1) is 12.4. The van der Waals surface area contributed by atoms with Crippen molar-refractivity contribution in [3.05, 3.63) is 85.7 Å². The Morgan fingerprint density at radius 1 is 0.885 bits per heavy atom. The maximum Gasteiger partial charge on any atom is 0.259 e. The van der Waals surface area contributed by atoms with Gasteiger partial charge in [-0.25, -0.2) is 0 Å². The summed E-state index contributed by atoms with van der Waals surface area (Å²) in [5.41, 5.74) is 7.03. The van der Waals surface area contributed by atoms with Gasteiger partial charge in [-0.05, 0) is 64.5 Å². The highest BCUT2D eigenvalue weighted by Crippen LogP contribution is 2.32. The van der Waals surface area contributed by atoms with Gasteiger partial charge in [0, 0.05) is 20.3 Å². The van der Waals surface area contributed by atoms with Crippen LogP contribution in [0.25, 0.3) is 0 Å². The van der Waals surface area contributed by atoms with Gasteiger partial charge in [-0.15, -0.1) is 0 Å². The van der Waals surface area contributed by atoms with Gasteiger partial charge in [-0.2, -0.15) is 0 Å². The van der Waals surface area contributed by atoms with Gasteiger partial charge < -0.3 is 16.2 Å². The van der Waals surface area contributed by atoms with Gasteiger partial charge in [0.05, 0.1) is 10.0 Å². The van der Waals surface area contributed by atoms with Crippen LogP contribution in [0.5, 0.6) is 5.75 Å². The van der Waals surface area contributed by atoms with Crippen LogP contribution < -0.4 is 11.1 Å². The Bertz CT molecular complexity index is 885. The molecule has 1 amide bonds. The van der Waals surface area contributed by atoms with E-state index in [1.54, 1.807) is 24.3 Å². The summed E-state index contributed by atoms with van der Waals surface area (Å²) in [6, 6.07) is 19.9. The molecular formula is C19H15Br3N2O2. The van der Waals surface area contributed by atoms with Crippen LogP contribution in [0.4, 0.5) is 11.4 Å². The van der Waals surface area contributed by atoms with E-state index in [1.807, 2.05) is 42.5 Å². The van der Waals surface area contributed by atoms with Crippen molar-refractivity contribution in [3.8, 4) is 5.75 Å². The molecule has 0 heterocycles. The number of carbonyl (C=O) groups excluding carboxylic acids is 1. The number of nitrogen functional groups attached to an aromatic ring is 1. The standard InChI is InChI=1S/C13H8Br3NO2.C6H7N/c14-7-1-3-9(4-2-7)17-13(19)10-5-8(15)6-11(16)12(10)18;7-6-4-2-1-3-5-6/h1-6,18H,(H,17,19);1-5H,7H2. The molecule has 4 N–H and O–H groups in total. The van der Waals surface area contributed by atoms with Crippen molar-refractivity contribution in [1.29, 1.82) is 0 Å². The van der Waals surface area contributed by atoms with Crippen molar-refractivity contribution in [2.24, 2.45) is 0 Å². The predicted molar refractivity (Wildman–Crippen MR) is 116 cm³/mol. The highest BCUT2D eigenvalue weighted by atomic mass is 79.9. The van der Waals surface area contributed by atoms with Crippen molar-refractivity contribution >= 4 is 65.1 Å². The molecule has 0 aliphatic heterocycles. The number of hydrogen-bond acceptors (Lipinski definition) is 3. The number of carbonyl (C=O) groups is 1. The zero-order valence-corrected chi connectivity index (χ0v) is 18.2. The SMILES string of the molecule is Nc1ccccc1.O=C(Nc1ccc(Br)cc1)c1cc(Br)cc(Br)c1O. The van der Waals surface area contributed by atoms with Gasteiger partial charge >= 0.3 is 0 Å². The minimum Gasteiger partial charge on any atom is -0.506 e. The van der Waals surface area contributed by atoms with Gasteiger partial charge in [0.1, 0.15) is 5.75 Å². The molecule has 7 heteroatoms. The summed E-state index contributed by atoms with van der Waals surface area (Å²) in [6.07, 6.45) is 0. The van der Waals surface area contributed by atoms with Crippen molar-refractivity contribution in [3.63, 3.8) is 0 Å². The monoisotopic (exact) mass is 540 g/mol. The number of amides is 1. The minimum absolute atomic E-state index is 0.0854. The Kier molecular flexibility index (Phi) is 7.68. The van der Waals surface area contributed by atoms with Crippen LogP contribution in [0, 0.1) is 0 Å². The molecule has 0 aliphatic carbocycles. The van der Waals surface area contributed by atoms with Crippen molar-refractivity contribution in [2.75, 3.05) is 11.1 Å². The molecule has 0 bridgehead atoms. The first kappa shape index (κ1) is 20.5. The Balaban J connectivity index is 0.000000290.